The minimum Gasteiger partial charge on any atom is -0.479 e. The van der Waals surface area contributed by atoms with Crippen LogP contribution >= 0.6 is 0 Å². The summed E-state index contributed by atoms with van der Waals surface area (Å²) in [6.07, 6.45) is 2.32. The number of sulfonamides is 1. The highest BCUT2D eigenvalue weighted by Crippen LogP contribution is 2.29. The topological polar surface area (TPSA) is 95.0 Å². The summed E-state index contributed by atoms with van der Waals surface area (Å²) >= 11 is 0. The van der Waals surface area contributed by atoms with E-state index in [1.165, 1.54) is 16.4 Å². The number of aryl methyl sites for hydroxylation is 1. The Bertz CT molecular complexity index is 867. The number of carboxylic acids is 1. The fourth-order valence-electron chi connectivity index (χ4n) is 3.56. The number of nitrogens with zero attached hydrogens (tertiary/aromatic N) is 2. The molecule has 148 valence electrons. The van der Waals surface area contributed by atoms with Crippen molar-refractivity contribution in [1.82, 2.24) is 9.21 Å². The molecule has 9 heteroatoms. The second kappa shape index (κ2) is 7.20. The van der Waals surface area contributed by atoms with Crippen molar-refractivity contribution in [3.05, 3.63) is 29.3 Å². The molecule has 3 rings (SSSR count). The lowest BCUT2D eigenvalue weighted by Crippen LogP contribution is -2.39. The SMILES string of the molecule is Cc1ccc(C(=O)N2CCC(F)(C(=O)O)C2)cc1S(=O)(=O)N1CCCCC1. The van der Waals surface area contributed by atoms with Gasteiger partial charge in [-0.15, -0.1) is 0 Å². The van der Waals surface area contributed by atoms with E-state index < -0.39 is 34.1 Å². The summed E-state index contributed by atoms with van der Waals surface area (Å²) in [6.45, 7) is 2.01. The third-order valence-corrected chi connectivity index (χ3v) is 7.30. The normalized spacial score (nSPS) is 24.1. The van der Waals surface area contributed by atoms with E-state index in [1.807, 2.05) is 0 Å². The lowest BCUT2D eigenvalue weighted by Gasteiger charge is -2.27. The number of benzene rings is 1. The minimum atomic E-state index is -3.71. The smallest absolute Gasteiger partial charge is 0.343 e. The zero-order valence-electron chi connectivity index (χ0n) is 15.1. The number of halogens is 1. The van der Waals surface area contributed by atoms with Gasteiger partial charge in [0, 0.05) is 31.6 Å². The molecule has 0 aliphatic carbocycles. The zero-order chi connectivity index (χ0) is 19.8. The molecule has 2 heterocycles. The first kappa shape index (κ1) is 19.8. The van der Waals surface area contributed by atoms with Gasteiger partial charge in [0.05, 0.1) is 11.4 Å². The fraction of sp³-hybridized carbons (Fsp3) is 0.556. The highest BCUT2D eigenvalue weighted by atomic mass is 32.2. The van der Waals surface area contributed by atoms with Crippen LogP contribution in [0.2, 0.25) is 0 Å². The van der Waals surface area contributed by atoms with E-state index in [2.05, 4.69) is 0 Å². The van der Waals surface area contributed by atoms with Gasteiger partial charge in [-0.1, -0.05) is 12.5 Å². The number of alkyl halides is 1. The molecular weight excluding hydrogens is 375 g/mol. The molecule has 1 unspecified atom stereocenters. The summed E-state index contributed by atoms with van der Waals surface area (Å²) < 4.78 is 41.6. The molecule has 2 saturated heterocycles. The number of piperidine rings is 1. The third-order valence-electron chi connectivity index (χ3n) is 5.26. The van der Waals surface area contributed by atoms with Crippen molar-refractivity contribution in [2.45, 2.75) is 43.2 Å². The van der Waals surface area contributed by atoms with E-state index in [1.54, 1.807) is 13.0 Å². The number of carbonyl (C=O) groups excluding carboxylic acids is 1. The third kappa shape index (κ3) is 3.70. The van der Waals surface area contributed by atoms with Crippen LogP contribution < -0.4 is 0 Å². The summed E-state index contributed by atoms with van der Waals surface area (Å²) in [5.41, 5.74) is -1.81. The molecule has 1 aromatic rings. The largest absolute Gasteiger partial charge is 0.479 e. The Balaban J connectivity index is 1.87. The van der Waals surface area contributed by atoms with Crippen molar-refractivity contribution in [3.63, 3.8) is 0 Å². The van der Waals surface area contributed by atoms with Gasteiger partial charge in [0.1, 0.15) is 0 Å². The molecule has 0 saturated carbocycles. The van der Waals surface area contributed by atoms with Crippen LogP contribution in [0.4, 0.5) is 4.39 Å². The summed E-state index contributed by atoms with van der Waals surface area (Å²) in [7, 11) is -3.71. The second-order valence-corrected chi connectivity index (χ2v) is 9.10. The van der Waals surface area contributed by atoms with Gasteiger partial charge in [0.15, 0.2) is 0 Å². The van der Waals surface area contributed by atoms with Gasteiger partial charge >= 0.3 is 5.97 Å². The van der Waals surface area contributed by atoms with E-state index in [0.717, 1.165) is 24.2 Å². The molecule has 1 aromatic carbocycles. The van der Waals surface area contributed by atoms with Gasteiger partial charge < -0.3 is 10.0 Å². The second-order valence-electron chi connectivity index (χ2n) is 7.19. The van der Waals surface area contributed by atoms with E-state index in [-0.39, 0.29) is 23.4 Å². The molecule has 0 spiro atoms. The molecule has 2 fully saturated rings. The lowest BCUT2D eigenvalue weighted by atomic mass is 10.1. The van der Waals surface area contributed by atoms with Gasteiger partial charge in [0.2, 0.25) is 15.7 Å². The standard InChI is InChI=1S/C18H23FN2O5S/c1-13-5-6-14(16(22)20-10-7-18(19,12-20)17(23)24)11-15(13)27(25,26)21-8-3-2-4-9-21/h5-6,11H,2-4,7-10,12H2,1H3,(H,23,24). The molecule has 1 atom stereocenters. The van der Waals surface area contributed by atoms with Crippen LogP contribution in [-0.2, 0) is 14.8 Å². The Morgan fingerprint density at radius 1 is 1.15 bits per heavy atom. The van der Waals surface area contributed by atoms with Gasteiger partial charge in [-0.2, -0.15) is 4.31 Å². The molecule has 0 bridgehead atoms. The van der Waals surface area contributed by atoms with Gasteiger partial charge in [-0.3, -0.25) is 4.79 Å². The highest BCUT2D eigenvalue weighted by molar-refractivity contribution is 7.89. The Kier molecular flexibility index (Phi) is 5.27. The highest BCUT2D eigenvalue weighted by Gasteiger charge is 2.47. The molecule has 0 radical (unpaired) electrons. The van der Waals surface area contributed by atoms with Crippen LogP contribution in [0.25, 0.3) is 0 Å². The number of rotatable bonds is 4. The molecule has 1 amide bonds. The summed E-state index contributed by atoms with van der Waals surface area (Å²) in [4.78, 5) is 24.9. The van der Waals surface area contributed by atoms with Crippen LogP contribution in [0.5, 0.6) is 0 Å². The molecule has 1 N–H and O–H groups in total. The van der Waals surface area contributed by atoms with E-state index >= 15 is 0 Å². The van der Waals surface area contributed by atoms with E-state index in [9.17, 15) is 22.4 Å². The van der Waals surface area contributed by atoms with Crippen LogP contribution in [0.1, 0.15) is 41.6 Å². The quantitative estimate of drug-likeness (QED) is 0.835. The van der Waals surface area contributed by atoms with Crippen molar-refractivity contribution < 1.29 is 27.5 Å². The Labute approximate surface area is 157 Å². The van der Waals surface area contributed by atoms with Gasteiger partial charge in [-0.05, 0) is 37.5 Å². The van der Waals surface area contributed by atoms with Crippen molar-refractivity contribution in [2.24, 2.45) is 0 Å². The Morgan fingerprint density at radius 2 is 1.81 bits per heavy atom. The van der Waals surface area contributed by atoms with Crippen molar-refractivity contribution in [1.29, 1.82) is 0 Å². The first-order valence-corrected chi connectivity index (χ1v) is 10.4. The molecule has 2 aliphatic heterocycles. The van der Waals surface area contributed by atoms with Crippen LogP contribution in [0.15, 0.2) is 23.1 Å². The molecule has 2 aliphatic rings. The van der Waals surface area contributed by atoms with Crippen molar-refractivity contribution in [3.8, 4) is 0 Å². The van der Waals surface area contributed by atoms with Gasteiger partial charge in [0.25, 0.3) is 5.91 Å². The van der Waals surface area contributed by atoms with E-state index in [0.29, 0.717) is 18.7 Å². The van der Waals surface area contributed by atoms with Crippen LogP contribution in [-0.4, -0.2) is 66.5 Å². The predicted molar refractivity (Wildman–Crippen MR) is 95.8 cm³/mol. The maximum atomic E-state index is 14.2. The number of likely N-dealkylation sites (tertiary alicyclic amines) is 1. The molecule has 7 nitrogen and oxygen atoms in total. The molecule has 0 aromatic heterocycles. The average molecular weight is 398 g/mol. The summed E-state index contributed by atoms with van der Waals surface area (Å²) in [5.74, 6) is -2.15. The monoisotopic (exact) mass is 398 g/mol. The van der Waals surface area contributed by atoms with Crippen molar-refractivity contribution in [2.75, 3.05) is 26.2 Å². The number of carboxylic acid groups (broad SMARTS) is 1. The first-order valence-electron chi connectivity index (χ1n) is 8.97. The fourth-order valence-corrected chi connectivity index (χ4v) is 5.33. The number of hydrogen-bond donors (Lipinski definition) is 1. The number of aliphatic carboxylic acids is 1. The predicted octanol–water partition coefficient (Wildman–Crippen LogP) is 1.81. The summed E-state index contributed by atoms with van der Waals surface area (Å²) in [5, 5.41) is 8.98. The first-order chi connectivity index (χ1) is 12.6. The number of carbonyl (C=O) groups is 2. The zero-order valence-corrected chi connectivity index (χ0v) is 16.0. The van der Waals surface area contributed by atoms with Gasteiger partial charge in [-0.25, -0.2) is 17.6 Å². The van der Waals surface area contributed by atoms with Crippen LogP contribution in [0, 0.1) is 6.92 Å². The van der Waals surface area contributed by atoms with Crippen LogP contribution in [0.3, 0.4) is 0 Å². The number of amides is 1. The minimum absolute atomic E-state index is 0.0241. The average Bonchev–Trinajstić information content (AvgIpc) is 3.06. The van der Waals surface area contributed by atoms with Crippen molar-refractivity contribution >= 4 is 21.9 Å². The maximum Gasteiger partial charge on any atom is 0.343 e. The number of hydrogen-bond acceptors (Lipinski definition) is 4. The Hall–Kier alpha value is -2.00. The molecule has 27 heavy (non-hydrogen) atoms. The lowest BCUT2D eigenvalue weighted by molar-refractivity contribution is -0.149. The Morgan fingerprint density at radius 3 is 2.41 bits per heavy atom. The molecular formula is C18H23FN2O5S. The maximum absolute atomic E-state index is 14.2. The van der Waals surface area contributed by atoms with E-state index in [4.69, 9.17) is 5.11 Å². The summed E-state index contributed by atoms with van der Waals surface area (Å²) in [6, 6.07) is 4.37.